The number of rotatable bonds is 8. The molecule has 1 N–H and O–H groups in total. The van der Waals surface area contributed by atoms with Crippen LogP contribution in [0.5, 0.6) is 0 Å². The molecule has 2 aromatic carbocycles. The Morgan fingerprint density at radius 3 is 2.48 bits per heavy atom. The molecule has 0 spiro atoms. The van der Waals surface area contributed by atoms with Crippen molar-refractivity contribution in [2.75, 3.05) is 5.75 Å². The first-order chi connectivity index (χ1) is 15.9. The maximum atomic E-state index is 12.6. The van der Waals surface area contributed by atoms with E-state index >= 15 is 0 Å². The number of aromatic nitrogens is 4. The van der Waals surface area contributed by atoms with E-state index in [1.54, 1.807) is 6.20 Å². The van der Waals surface area contributed by atoms with Crippen LogP contribution in [0, 0.1) is 27.7 Å². The zero-order chi connectivity index (χ0) is 23.4. The van der Waals surface area contributed by atoms with E-state index in [1.807, 2.05) is 40.6 Å². The number of benzene rings is 2. The van der Waals surface area contributed by atoms with E-state index in [0.29, 0.717) is 12.3 Å². The number of carbonyl (C=O) groups is 1. The smallest absolute Gasteiger partial charge is 0.230 e. The minimum atomic E-state index is -0.0235. The average Bonchev–Trinajstić information content (AvgIpc) is 3.35. The van der Waals surface area contributed by atoms with E-state index in [1.165, 1.54) is 28.5 Å². The van der Waals surface area contributed by atoms with E-state index < -0.39 is 0 Å². The van der Waals surface area contributed by atoms with E-state index in [0.717, 1.165) is 34.3 Å². The van der Waals surface area contributed by atoms with Crippen molar-refractivity contribution in [1.29, 1.82) is 0 Å². The van der Waals surface area contributed by atoms with Gasteiger partial charge >= 0.3 is 0 Å². The second-order valence-electron chi connectivity index (χ2n) is 8.28. The van der Waals surface area contributed by atoms with Gasteiger partial charge in [0.2, 0.25) is 5.91 Å². The number of thioether (sulfide) groups is 1. The van der Waals surface area contributed by atoms with Crippen LogP contribution in [0.2, 0.25) is 0 Å². The molecule has 33 heavy (non-hydrogen) atoms. The Morgan fingerprint density at radius 1 is 1.03 bits per heavy atom. The Bertz CT molecular complexity index is 1240. The molecule has 2 aromatic heterocycles. The van der Waals surface area contributed by atoms with Gasteiger partial charge in [0.1, 0.15) is 0 Å². The maximum absolute atomic E-state index is 12.6. The van der Waals surface area contributed by atoms with E-state index in [9.17, 15) is 4.79 Å². The molecule has 6 nitrogen and oxygen atoms in total. The molecular weight excluding hydrogens is 430 g/mol. The van der Waals surface area contributed by atoms with Gasteiger partial charge in [-0.15, -0.1) is 0 Å². The first-order valence-corrected chi connectivity index (χ1v) is 12.0. The van der Waals surface area contributed by atoms with Gasteiger partial charge in [0.15, 0.2) is 5.16 Å². The highest BCUT2D eigenvalue weighted by Crippen LogP contribution is 2.22. The summed E-state index contributed by atoms with van der Waals surface area (Å²) >= 11 is 1.44. The summed E-state index contributed by atoms with van der Waals surface area (Å²) in [5.74, 6) is 0.280. The van der Waals surface area contributed by atoms with Gasteiger partial charge in [0.05, 0.1) is 18.0 Å². The van der Waals surface area contributed by atoms with Crippen molar-refractivity contribution in [2.45, 2.75) is 45.9 Å². The van der Waals surface area contributed by atoms with Gasteiger partial charge in [0.25, 0.3) is 0 Å². The molecule has 1 amide bonds. The van der Waals surface area contributed by atoms with Crippen molar-refractivity contribution < 1.29 is 4.79 Å². The van der Waals surface area contributed by atoms with Gasteiger partial charge in [-0.1, -0.05) is 48.2 Å². The molecule has 0 bridgehead atoms. The summed E-state index contributed by atoms with van der Waals surface area (Å²) in [6.07, 6.45) is 3.70. The number of nitrogens with zero attached hydrogens (tertiary/aromatic N) is 4. The van der Waals surface area contributed by atoms with Crippen LogP contribution in [-0.2, 0) is 17.9 Å². The molecule has 0 radical (unpaired) electrons. The molecule has 0 fully saturated rings. The first kappa shape index (κ1) is 22.9. The van der Waals surface area contributed by atoms with Gasteiger partial charge < -0.3 is 5.32 Å². The van der Waals surface area contributed by atoms with Crippen molar-refractivity contribution in [3.63, 3.8) is 0 Å². The second-order valence-corrected chi connectivity index (χ2v) is 9.23. The third-order valence-corrected chi connectivity index (χ3v) is 6.56. The lowest BCUT2D eigenvalue weighted by Crippen LogP contribution is -2.25. The van der Waals surface area contributed by atoms with Crippen LogP contribution < -0.4 is 5.32 Å². The predicted molar refractivity (Wildman–Crippen MR) is 133 cm³/mol. The van der Waals surface area contributed by atoms with Gasteiger partial charge in [-0.3, -0.25) is 14.0 Å². The van der Waals surface area contributed by atoms with Crippen molar-refractivity contribution in [3.8, 4) is 5.69 Å². The Balaban J connectivity index is 1.36. The highest BCUT2D eigenvalue weighted by Gasteiger charge is 2.14. The molecule has 7 heteroatoms. The largest absolute Gasteiger partial charge is 0.351 e. The van der Waals surface area contributed by atoms with Gasteiger partial charge in [0, 0.05) is 35.9 Å². The monoisotopic (exact) mass is 459 g/mol. The molecule has 170 valence electrons. The number of hydrogen-bond donors (Lipinski definition) is 1. The Kier molecular flexibility index (Phi) is 6.99. The average molecular weight is 460 g/mol. The van der Waals surface area contributed by atoms with Crippen molar-refractivity contribution >= 4 is 17.7 Å². The number of hydrogen-bond acceptors (Lipinski definition) is 4. The topological polar surface area (TPSA) is 64.7 Å². The number of nitrogens with one attached hydrogen (secondary N) is 1. The molecule has 0 aliphatic rings. The summed E-state index contributed by atoms with van der Waals surface area (Å²) in [4.78, 5) is 17.0. The summed E-state index contributed by atoms with van der Waals surface area (Å²) in [6, 6.07) is 16.7. The van der Waals surface area contributed by atoms with Crippen molar-refractivity contribution in [2.24, 2.45) is 0 Å². The van der Waals surface area contributed by atoms with Crippen molar-refractivity contribution in [3.05, 3.63) is 94.6 Å². The van der Waals surface area contributed by atoms with Crippen LogP contribution >= 0.6 is 11.8 Å². The first-order valence-electron chi connectivity index (χ1n) is 11.0. The minimum Gasteiger partial charge on any atom is -0.351 e. The lowest BCUT2D eigenvalue weighted by Gasteiger charge is -2.10. The van der Waals surface area contributed by atoms with Gasteiger partial charge in [-0.2, -0.15) is 5.10 Å². The SMILES string of the molecule is Cc1cc(C)cc(-n2ccnc2SCC(=O)NCc2c(C)nn(Cc3ccccc3)c2C)c1. The maximum Gasteiger partial charge on any atom is 0.230 e. The summed E-state index contributed by atoms with van der Waals surface area (Å²) in [7, 11) is 0. The second kappa shape index (κ2) is 10.1. The molecule has 0 saturated carbocycles. The Morgan fingerprint density at radius 2 is 1.76 bits per heavy atom. The minimum absolute atomic E-state index is 0.0235. The summed E-state index contributed by atoms with van der Waals surface area (Å²) in [5, 5.41) is 8.53. The molecular formula is C26H29N5OS. The highest BCUT2D eigenvalue weighted by molar-refractivity contribution is 7.99. The fraction of sp³-hybridized carbons (Fsp3) is 0.269. The predicted octanol–water partition coefficient (Wildman–Crippen LogP) is 4.76. The Labute approximate surface area is 199 Å². The molecule has 0 aliphatic heterocycles. The third kappa shape index (κ3) is 5.54. The number of carbonyl (C=O) groups excluding carboxylic acids is 1. The van der Waals surface area contributed by atoms with Gasteiger partial charge in [-0.25, -0.2) is 4.98 Å². The molecule has 4 aromatic rings. The molecule has 0 aliphatic carbocycles. The summed E-state index contributed by atoms with van der Waals surface area (Å²) in [6.45, 7) is 9.40. The summed E-state index contributed by atoms with van der Waals surface area (Å²) < 4.78 is 4.03. The molecule has 0 unspecified atom stereocenters. The van der Waals surface area contributed by atoms with Crippen LogP contribution in [0.25, 0.3) is 5.69 Å². The van der Waals surface area contributed by atoms with Gasteiger partial charge in [-0.05, 0) is 56.5 Å². The number of imidazole rings is 1. The van der Waals surface area contributed by atoms with E-state index in [2.05, 4.69) is 66.5 Å². The van der Waals surface area contributed by atoms with E-state index in [4.69, 9.17) is 0 Å². The Hall–Kier alpha value is -3.32. The normalized spacial score (nSPS) is 11.0. The highest BCUT2D eigenvalue weighted by atomic mass is 32.2. The summed E-state index contributed by atoms with van der Waals surface area (Å²) in [5.41, 5.74) is 7.76. The zero-order valence-corrected chi connectivity index (χ0v) is 20.3. The molecule has 2 heterocycles. The number of amides is 1. The lowest BCUT2D eigenvalue weighted by molar-refractivity contribution is -0.118. The fourth-order valence-corrected chi connectivity index (χ4v) is 4.75. The van der Waals surface area contributed by atoms with Crippen LogP contribution in [0.4, 0.5) is 0 Å². The molecule has 0 saturated heterocycles. The van der Waals surface area contributed by atoms with E-state index in [-0.39, 0.29) is 5.91 Å². The van der Waals surface area contributed by atoms with Crippen LogP contribution in [0.1, 0.15) is 33.6 Å². The van der Waals surface area contributed by atoms with Crippen LogP contribution in [0.3, 0.4) is 0 Å². The molecule has 0 atom stereocenters. The third-order valence-electron chi connectivity index (χ3n) is 5.59. The quantitative estimate of drug-likeness (QED) is 0.386. The fourth-order valence-electron chi connectivity index (χ4n) is 3.95. The zero-order valence-electron chi connectivity index (χ0n) is 19.5. The van der Waals surface area contributed by atoms with Crippen LogP contribution in [0.15, 0.2) is 66.1 Å². The van der Waals surface area contributed by atoms with Crippen molar-refractivity contribution in [1.82, 2.24) is 24.6 Å². The lowest BCUT2D eigenvalue weighted by atomic mass is 10.1. The number of aryl methyl sites for hydroxylation is 3. The molecule has 4 rings (SSSR count). The van der Waals surface area contributed by atoms with Crippen LogP contribution in [-0.4, -0.2) is 31.0 Å². The standard InChI is InChI=1S/C26H29N5OS/c1-18-12-19(2)14-23(13-18)30-11-10-27-26(30)33-17-25(32)28-15-24-20(3)29-31(21(24)4)16-22-8-6-5-7-9-22/h5-14H,15-17H2,1-4H3,(H,28,32).